The molecule has 0 saturated heterocycles. The van der Waals surface area contributed by atoms with Crippen LogP contribution < -0.4 is 9.47 Å². The van der Waals surface area contributed by atoms with Crippen LogP contribution >= 0.6 is 0 Å². The van der Waals surface area contributed by atoms with Crippen LogP contribution in [-0.2, 0) is 22.4 Å². The number of ether oxygens (including phenoxy) is 3. The summed E-state index contributed by atoms with van der Waals surface area (Å²) in [7, 11) is 0. The number of hydrogen-bond donors (Lipinski definition) is 0. The summed E-state index contributed by atoms with van der Waals surface area (Å²) in [6, 6.07) is 12.8. The monoisotopic (exact) mass is 323 g/mol. The smallest absolute Gasteiger partial charge is 0.310 e. The molecule has 0 unspecified atom stereocenters. The fraction of sp³-hybridized carbons (Fsp3) is 0.263. The minimum Gasteiger partial charge on any atom is -0.489 e. The lowest BCUT2D eigenvalue weighted by Gasteiger charge is -2.12. The Bertz CT molecular complexity index is 807. The fourth-order valence-electron chi connectivity index (χ4n) is 2.65. The van der Waals surface area contributed by atoms with Gasteiger partial charge in [0.15, 0.2) is 11.5 Å². The van der Waals surface area contributed by atoms with Crippen molar-refractivity contribution in [2.24, 2.45) is 0 Å². The van der Waals surface area contributed by atoms with Crippen molar-refractivity contribution < 1.29 is 19.0 Å². The quantitative estimate of drug-likeness (QED) is 0.789. The van der Waals surface area contributed by atoms with E-state index in [-0.39, 0.29) is 12.4 Å². The van der Waals surface area contributed by atoms with Crippen LogP contribution in [0.1, 0.15) is 23.6 Å². The molecule has 0 saturated carbocycles. The van der Waals surface area contributed by atoms with E-state index in [1.54, 1.807) is 37.3 Å². The van der Waals surface area contributed by atoms with Gasteiger partial charge in [-0.05, 0) is 36.8 Å². The lowest BCUT2D eigenvalue weighted by Crippen LogP contribution is -2.07. The van der Waals surface area contributed by atoms with E-state index in [0.717, 1.165) is 17.5 Å². The van der Waals surface area contributed by atoms with Gasteiger partial charge in [-0.1, -0.05) is 12.1 Å². The van der Waals surface area contributed by atoms with Crippen molar-refractivity contribution in [3.8, 4) is 23.3 Å². The van der Waals surface area contributed by atoms with E-state index in [0.29, 0.717) is 36.0 Å². The highest BCUT2D eigenvalue weighted by atomic mass is 16.5. The van der Waals surface area contributed by atoms with Crippen molar-refractivity contribution >= 4 is 5.97 Å². The molecule has 1 aliphatic heterocycles. The van der Waals surface area contributed by atoms with Crippen LogP contribution in [0.25, 0.3) is 0 Å². The molecule has 0 N–H and O–H groups in total. The van der Waals surface area contributed by atoms with Gasteiger partial charge in [0.25, 0.3) is 0 Å². The van der Waals surface area contributed by atoms with Crippen molar-refractivity contribution in [2.75, 3.05) is 13.2 Å². The van der Waals surface area contributed by atoms with Gasteiger partial charge in [-0.2, -0.15) is 5.26 Å². The molecule has 0 spiro atoms. The highest BCUT2D eigenvalue weighted by molar-refractivity contribution is 5.73. The van der Waals surface area contributed by atoms with E-state index in [9.17, 15) is 4.79 Å². The Labute approximate surface area is 140 Å². The number of carbonyl (C=O) groups excluding carboxylic acids is 1. The molecule has 2 aromatic rings. The van der Waals surface area contributed by atoms with Gasteiger partial charge in [0.1, 0.15) is 5.75 Å². The number of carbonyl (C=O) groups is 1. The third-order valence-electron chi connectivity index (χ3n) is 3.65. The minimum absolute atomic E-state index is 0.190. The summed E-state index contributed by atoms with van der Waals surface area (Å²) < 4.78 is 16.6. The maximum Gasteiger partial charge on any atom is 0.310 e. The van der Waals surface area contributed by atoms with E-state index in [2.05, 4.69) is 6.07 Å². The Morgan fingerprint density at radius 2 is 2.21 bits per heavy atom. The average Bonchev–Trinajstić information content (AvgIpc) is 3.04. The molecule has 0 amide bonds. The molecule has 0 aliphatic carbocycles. The molecule has 0 radical (unpaired) electrons. The van der Waals surface area contributed by atoms with E-state index < -0.39 is 0 Å². The second-order valence-corrected chi connectivity index (χ2v) is 5.40. The number of nitriles is 1. The largest absolute Gasteiger partial charge is 0.489 e. The van der Waals surface area contributed by atoms with Gasteiger partial charge in [0, 0.05) is 12.0 Å². The Morgan fingerprint density at radius 1 is 1.33 bits per heavy atom. The number of nitrogens with zero attached hydrogens (tertiary/aromatic N) is 1. The highest BCUT2D eigenvalue weighted by Gasteiger charge is 2.20. The topological polar surface area (TPSA) is 68.5 Å². The van der Waals surface area contributed by atoms with Crippen molar-refractivity contribution in [2.45, 2.75) is 19.8 Å². The number of benzene rings is 2. The Morgan fingerprint density at radius 3 is 3.00 bits per heavy atom. The first-order valence-electron chi connectivity index (χ1n) is 7.82. The maximum atomic E-state index is 11.7. The van der Waals surface area contributed by atoms with E-state index in [4.69, 9.17) is 19.5 Å². The van der Waals surface area contributed by atoms with Gasteiger partial charge in [-0.3, -0.25) is 4.79 Å². The Hall–Kier alpha value is -3.00. The summed E-state index contributed by atoms with van der Waals surface area (Å²) in [5.74, 6) is 1.54. The first-order chi connectivity index (χ1) is 11.7. The molecule has 5 nitrogen and oxygen atoms in total. The summed E-state index contributed by atoms with van der Waals surface area (Å²) in [5.41, 5.74) is 2.36. The van der Waals surface area contributed by atoms with Gasteiger partial charge >= 0.3 is 5.97 Å². The SMILES string of the molecule is CCOC(=O)Cc1cc2c(c(Oc3cccc(C#N)c3)c1)OCC2. The third kappa shape index (κ3) is 3.49. The molecule has 1 heterocycles. The van der Waals surface area contributed by atoms with Crippen molar-refractivity contribution in [3.63, 3.8) is 0 Å². The zero-order chi connectivity index (χ0) is 16.9. The van der Waals surface area contributed by atoms with Gasteiger partial charge in [0.05, 0.1) is 31.3 Å². The molecule has 24 heavy (non-hydrogen) atoms. The number of fused-ring (bicyclic) bond motifs is 1. The van der Waals surface area contributed by atoms with Crippen LogP contribution in [0.4, 0.5) is 0 Å². The lowest BCUT2D eigenvalue weighted by molar-refractivity contribution is -0.142. The van der Waals surface area contributed by atoms with Gasteiger partial charge < -0.3 is 14.2 Å². The average molecular weight is 323 g/mol. The molecular weight excluding hydrogens is 306 g/mol. The van der Waals surface area contributed by atoms with Crippen LogP contribution in [0.15, 0.2) is 36.4 Å². The zero-order valence-electron chi connectivity index (χ0n) is 13.4. The second-order valence-electron chi connectivity index (χ2n) is 5.40. The molecule has 1 aliphatic rings. The standard InChI is InChI=1S/C19H17NO4/c1-2-22-18(21)11-14-8-15-6-7-23-19(15)17(10-14)24-16-5-3-4-13(9-16)12-20/h3-5,8-10H,2,6-7,11H2,1H3. The molecule has 0 bridgehead atoms. The minimum atomic E-state index is -0.270. The summed E-state index contributed by atoms with van der Waals surface area (Å²) in [5, 5.41) is 9.00. The fourth-order valence-corrected chi connectivity index (χ4v) is 2.65. The number of hydrogen-bond acceptors (Lipinski definition) is 5. The van der Waals surface area contributed by atoms with E-state index in [1.807, 2.05) is 6.07 Å². The molecule has 5 heteroatoms. The van der Waals surface area contributed by atoms with Crippen molar-refractivity contribution in [1.82, 2.24) is 0 Å². The van der Waals surface area contributed by atoms with E-state index >= 15 is 0 Å². The van der Waals surface area contributed by atoms with Crippen LogP contribution in [0.5, 0.6) is 17.2 Å². The predicted octanol–water partition coefficient (Wildman–Crippen LogP) is 3.39. The van der Waals surface area contributed by atoms with Crippen LogP contribution in [0.3, 0.4) is 0 Å². The number of esters is 1. The first kappa shape index (κ1) is 15.9. The van der Waals surface area contributed by atoms with Crippen molar-refractivity contribution in [1.29, 1.82) is 5.26 Å². The van der Waals surface area contributed by atoms with Gasteiger partial charge in [0.2, 0.25) is 0 Å². The highest BCUT2D eigenvalue weighted by Crippen LogP contribution is 2.39. The Kier molecular flexibility index (Phi) is 4.66. The molecule has 0 aromatic heterocycles. The third-order valence-corrected chi connectivity index (χ3v) is 3.65. The lowest BCUT2D eigenvalue weighted by atomic mass is 10.1. The molecule has 0 fully saturated rings. The summed E-state index contributed by atoms with van der Waals surface area (Å²) in [6.45, 7) is 2.73. The maximum absolute atomic E-state index is 11.7. The molecule has 3 rings (SSSR count). The number of rotatable bonds is 5. The van der Waals surface area contributed by atoms with Crippen LogP contribution in [0.2, 0.25) is 0 Å². The summed E-state index contributed by atoms with van der Waals surface area (Å²) in [4.78, 5) is 11.7. The second kappa shape index (κ2) is 7.05. The summed E-state index contributed by atoms with van der Waals surface area (Å²) in [6.07, 6.45) is 0.969. The Balaban J connectivity index is 1.90. The molecule has 2 aromatic carbocycles. The van der Waals surface area contributed by atoms with Gasteiger partial charge in [-0.25, -0.2) is 0 Å². The van der Waals surface area contributed by atoms with Crippen molar-refractivity contribution in [3.05, 3.63) is 53.1 Å². The molecular formula is C19H17NO4. The van der Waals surface area contributed by atoms with Crippen LogP contribution in [0, 0.1) is 11.3 Å². The molecule has 122 valence electrons. The normalized spacial score (nSPS) is 12.0. The predicted molar refractivity (Wildman–Crippen MR) is 87.2 cm³/mol. The summed E-state index contributed by atoms with van der Waals surface area (Å²) >= 11 is 0. The molecule has 0 atom stereocenters. The van der Waals surface area contributed by atoms with E-state index in [1.165, 1.54) is 0 Å². The zero-order valence-corrected chi connectivity index (χ0v) is 13.4. The van der Waals surface area contributed by atoms with Gasteiger partial charge in [-0.15, -0.1) is 0 Å². The first-order valence-corrected chi connectivity index (χ1v) is 7.82. The van der Waals surface area contributed by atoms with Crippen LogP contribution in [-0.4, -0.2) is 19.2 Å².